The highest BCUT2D eigenvalue weighted by molar-refractivity contribution is 7.89. The fourth-order valence-electron chi connectivity index (χ4n) is 2.11. The van der Waals surface area contributed by atoms with Crippen molar-refractivity contribution in [1.82, 2.24) is 5.32 Å². The first kappa shape index (κ1) is 19.0. The molecule has 0 saturated heterocycles. The molecule has 0 aromatic heterocycles. The molecule has 0 heterocycles. The van der Waals surface area contributed by atoms with Gasteiger partial charge in [-0.05, 0) is 35.7 Å². The third-order valence-corrected chi connectivity index (χ3v) is 4.34. The summed E-state index contributed by atoms with van der Waals surface area (Å²) in [5.74, 6) is 0.640. The third kappa shape index (κ3) is 5.58. The van der Waals surface area contributed by atoms with E-state index in [0.29, 0.717) is 23.8 Å². The van der Waals surface area contributed by atoms with Crippen molar-refractivity contribution in [1.29, 1.82) is 0 Å². The van der Waals surface area contributed by atoms with E-state index in [1.807, 2.05) is 19.9 Å². The van der Waals surface area contributed by atoms with Crippen LogP contribution in [-0.2, 0) is 16.6 Å². The zero-order chi connectivity index (χ0) is 18.4. The Kier molecular flexibility index (Phi) is 6.17. The maximum absolute atomic E-state index is 12.4. The molecule has 1 amide bonds. The monoisotopic (exact) mass is 362 g/mol. The molecule has 0 aliphatic heterocycles. The minimum absolute atomic E-state index is 0.0370. The SMILES string of the molecule is CC(C)COc1ccccc1C(=O)NCc1ccc(S(N)(=O)=O)cc1. The lowest BCUT2D eigenvalue weighted by molar-refractivity contribution is 0.0946. The molecule has 0 spiro atoms. The van der Waals surface area contributed by atoms with E-state index in [9.17, 15) is 13.2 Å². The van der Waals surface area contributed by atoms with Gasteiger partial charge in [0.15, 0.2) is 0 Å². The molecule has 0 radical (unpaired) electrons. The Bertz CT molecular complexity index is 830. The Morgan fingerprint density at radius 2 is 1.76 bits per heavy atom. The fraction of sp³-hybridized carbons (Fsp3) is 0.278. The van der Waals surface area contributed by atoms with Gasteiger partial charge < -0.3 is 10.1 Å². The predicted octanol–water partition coefficient (Wildman–Crippen LogP) is 2.30. The predicted molar refractivity (Wildman–Crippen MR) is 95.8 cm³/mol. The number of nitrogens with two attached hydrogens (primary N) is 1. The largest absolute Gasteiger partial charge is 0.492 e. The lowest BCUT2D eigenvalue weighted by Gasteiger charge is -2.13. The number of carbonyl (C=O) groups is 1. The van der Waals surface area contributed by atoms with Gasteiger partial charge in [-0.25, -0.2) is 13.6 Å². The number of carbonyl (C=O) groups excluding carboxylic acids is 1. The number of nitrogens with one attached hydrogen (secondary N) is 1. The fourth-order valence-corrected chi connectivity index (χ4v) is 2.63. The smallest absolute Gasteiger partial charge is 0.255 e. The summed E-state index contributed by atoms with van der Waals surface area (Å²) in [6.07, 6.45) is 0. The van der Waals surface area contributed by atoms with E-state index in [0.717, 1.165) is 5.56 Å². The average Bonchev–Trinajstić information content (AvgIpc) is 2.57. The van der Waals surface area contributed by atoms with Gasteiger partial charge in [-0.3, -0.25) is 4.79 Å². The molecule has 0 fully saturated rings. The van der Waals surface area contributed by atoms with Crippen LogP contribution in [0.5, 0.6) is 5.75 Å². The van der Waals surface area contributed by atoms with Gasteiger partial charge in [0.05, 0.1) is 17.1 Å². The molecule has 0 aliphatic rings. The first-order valence-corrected chi connectivity index (χ1v) is 9.44. The van der Waals surface area contributed by atoms with Crippen molar-refractivity contribution in [3.8, 4) is 5.75 Å². The molecule has 2 rings (SSSR count). The second-order valence-electron chi connectivity index (χ2n) is 6.07. The average molecular weight is 362 g/mol. The molecule has 25 heavy (non-hydrogen) atoms. The first-order valence-electron chi connectivity index (χ1n) is 7.89. The van der Waals surface area contributed by atoms with Crippen LogP contribution in [0.4, 0.5) is 0 Å². The summed E-state index contributed by atoms with van der Waals surface area (Å²) in [5, 5.41) is 7.86. The number of ether oxygens (including phenoxy) is 1. The molecule has 134 valence electrons. The van der Waals surface area contributed by atoms with Crippen LogP contribution in [0.2, 0.25) is 0 Å². The van der Waals surface area contributed by atoms with Crippen LogP contribution in [-0.4, -0.2) is 20.9 Å². The van der Waals surface area contributed by atoms with E-state index in [4.69, 9.17) is 9.88 Å². The van der Waals surface area contributed by atoms with E-state index in [2.05, 4.69) is 5.32 Å². The Morgan fingerprint density at radius 3 is 2.36 bits per heavy atom. The molecule has 0 saturated carbocycles. The highest BCUT2D eigenvalue weighted by Crippen LogP contribution is 2.19. The number of amides is 1. The molecule has 6 nitrogen and oxygen atoms in total. The van der Waals surface area contributed by atoms with Crippen LogP contribution in [0.3, 0.4) is 0 Å². The van der Waals surface area contributed by atoms with Gasteiger partial charge in [-0.2, -0.15) is 0 Å². The Morgan fingerprint density at radius 1 is 1.12 bits per heavy atom. The number of sulfonamides is 1. The number of hydrogen-bond acceptors (Lipinski definition) is 4. The Hall–Kier alpha value is -2.38. The van der Waals surface area contributed by atoms with Crippen LogP contribution >= 0.6 is 0 Å². The molecule has 7 heteroatoms. The number of benzene rings is 2. The number of rotatable bonds is 7. The van der Waals surface area contributed by atoms with Gasteiger partial charge in [-0.1, -0.05) is 38.1 Å². The van der Waals surface area contributed by atoms with Crippen molar-refractivity contribution < 1.29 is 17.9 Å². The second-order valence-corrected chi connectivity index (χ2v) is 7.63. The van der Waals surface area contributed by atoms with E-state index in [1.54, 1.807) is 30.3 Å². The highest BCUT2D eigenvalue weighted by Gasteiger charge is 2.13. The van der Waals surface area contributed by atoms with Crippen LogP contribution < -0.4 is 15.2 Å². The molecule has 3 N–H and O–H groups in total. The summed E-state index contributed by atoms with van der Waals surface area (Å²) in [4.78, 5) is 12.4. The van der Waals surface area contributed by atoms with Gasteiger partial charge in [-0.15, -0.1) is 0 Å². The van der Waals surface area contributed by atoms with Gasteiger partial charge in [0.1, 0.15) is 5.75 Å². The lowest BCUT2D eigenvalue weighted by Crippen LogP contribution is -2.23. The van der Waals surface area contributed by atoms with Crippen molar-refractivity contribution in [3.05, 3.63) is 59.7 Å². The first-order chi connectivity index (χ1) is 11.8. The van der Waals surface area contributed by atoms with Gasteiger partial charge in [0.2, 0.25) is 10.0 Å². The normalized spacial score (nSPS) is 11.4. The molecule has 2 aromatic carbocycles. The Labute approximate surface area is 148 Å². The second kappa shape index (κ2) is 8.13. The summed E-state index contributed by atoms with van der Waals surface area (Å²) in [5.41, 5.74) is 1.23. The minimum atomic E-state index is -3.72. The minimum Gasteiger partial charge on any atom is -0.492 e. The van der Waals surface area contributed by atoms with Crippen LogP contribution in [0.15, 0.2) is 53.4 Å². The van der Waals surface area contributed by atoms with Crippen molar-refractivity contribution in [2.75, 3.05) is 6.61 Å². The van der Waals surface area contributed by atoms with Gasteiger partial charge in [0.25, 0.3) is 5.91 Å². The highest BCUT2D eigenvalue weighted by atomic mass is 32.2. The van der Waals surface area contributed by atoms with Gasteiger partial charge >= 0.3 is 0 Å². The standard InChI is InChI=1S/C18H22N2O4S/c1-13(2)12-24-17-6-4-3-5-16(17)18(21)20-11-14-7-9-15(10-8-14)25(19,22)23/h3-10,13H,11-12H2,1-2H3,(H,20,21)(H2,19,22,23). The summed E-state index contributed by atoms with van der Waals surface area (Å²) in [6.45, 7) is 4.86. The van der Waals surface area contributed by atoms with Crippen LogP contribution in [0.1, 0.15) is 29.8 Å². The van der Waals surface area contributed by atoms with Gasteiger partial charge in [0, 0.05) is 6.54 Å². The van der Waals surface area contributed by atoms with E-state index < -0.39 is 10.0 Å². The molecule has 0 bridgehead atoms. The molecule has 2 aromatic rings. The maximum atomic E-state index is 12.4. The molecule has 0 atom stereocenters. The summed E-state index contributed by atoms with van der Waals surface area (Å²) < 4.78 is 28.2. The molecule has 0 unspecified atom stereocenters. The summed E-state index contributed by atoms with van der Waals surface area (Å²) >= 11 is 0. The molecular weight excluding hydrogens is 340 g/mol. The van der Waals surface area contributed by atoms with Crippen molar-refractivity contribution in [2.45, 2.75) is 25.3 Å². The molecular formula is C18H22N2O4S. The topological polar surface area (TPSA) is 98.5 Å². The van der Waals surface area contributed by atoms with Crippen molar-refractivity contribution in [2.24, 2.45) is 11.1 Å². The van der Waals surface area contributed by atoms with E-state index in [1.165, 1.54) is 12.1 Å². The summed E-state index contributed by atoms with van der Waals surface area (Å²) in [7, 11) is -3.72. The number of hydrogen-bond donors (Lipinski definition) is 2. The zero-order valence-electron chi connectivity index (χ0n) is 14.2. The van der Waals surface area contributed by atoms with Crippen LogP contribution in [0.25, 0.3) is 0 Å². The summed E-state index contributed by atoms with van der Waals surface area (Å²) in [6, 6.07) is 13.1. The van der Waals surface area contributed by atoms with E-state index >= 15 is 0 Å². The number of para-hydroxylation sites is 1. The third-order valence-electron chi connectivity index (χ3n) is 3.41. The van der Waals surface area contributed by atoms with E-state index in [-0.39, 0.29) is 17.3 Å². The lowest BCUT2D eigenvalue weighted by atomic mass is 10.1. The Balaban J connectivity index is 2.03. The number of primary sulfonamides is 1. The van der Waals surface area contributed by atoms with Crippen LogP contribution in [0, 0.1) is 5.92 Å². The maximum Gasteiger partial charge on any atom is 0.255 e. The molecule has 0 aliphatic carbocycles. The van der Waals surface area contributed by atoms with Crippen molar-refractivity contribution in [3.63, 3.8) is 0 Å². The zero-order valence-corrected chi connectivity index (χ0v) is 15.0. The quantitative estimate of drug-likeness (QED) is 0.789. The van der Waals surface area contributed by atoms with Crippen molar-refractivity contribution >= 4 is 15.9 Å².